The summed E-state index contributed by atoms with van der Waals surface area (Å²) in [5.41, 5.74) is 0.954. The number of carbonyl (C=O) groups is 1. The van der Waals surface area contributed by atoms with Crippen LogP contribution in [0.1, 0.15) is 39.5 Å². The molecule has 0 aromatic heterocycles. The Labute approximate surface area is 92.6 Å². The average Bonchev–Trinajstić information content (AvgIpc) is 2.59. The Hall–Kier alpha value is -1.11. The summed E-state index contributed by atoms with van der Waals surface area (Å²) in [5.74, 6) is 0.504. The summed E-state index contributed by atoms with van der Waals surface area (Å²) in [4.78, 5) is 11.4. The zero-order valence-corrected chi connectivity index (χ0v) is 9.70. The van der Waals surface area contributed by atoms with Gasteiger partial charge in [-0.15, -0.1) is 0 Å². The van der Waals surface area contributed by atoms with Crippen molar-refractivity contribution in [2.75, 3.05) is 0 Å². The second-order valence-electron chi connectivity index (χ2n) is 3.92. The lowest BCUT2D eigenvalue weighted by Crippen LogP contribution is -2.01. The third kappa shape index (κ3) is 3.50. The van der Waals surface area contributed by atoms with Gasteiger partial charge < -0.3 is 0 Å². The summed E-state index contributed by atoms with van der Waals surface area (Å²) in [5, 5.41) is 0. The molecule has 0 fully saturated rings. The minimum atomic E-state index is 0.185. The predicted molar refractivity (Wildman–Crippen MR) is 64.7 cm³/mol. The van der Waals surface area contributed by atoms with Crippen LogP contribution in [0.3, 0.4) is 0 Å². The molecule has 1 nitrogen and oxygen atoms in total. The van der Waals surface area contributed by atoms with Crippen molar-refractivity contribution in [3.63, 3.8) is 0 Å². The van der Waals surface area contributed by atoms with Gasteiger partial charge in [0.05, 0.1) is 0 Å². The Bertz CT molecular complexity index is 294. The minimum Gasteiger partial charge on any atom is -0.290 e. The normalized spacial score (nSPS) is 23.5. The smallest absolute Gasteiger partial charge is 0.181 e. The first-order valence-electron chi connectivity index (χ1n) is 5.83. The first-order valence-corrected chi connectivity index (χ1v) is 5.83. The molecule has 0 radical (unpaired) electrons. The van der Waals surface area contributed by atoms with Gasteiger partial charge in [-0.05, 0) is 25.8 Å². The molecule has 1 rings (SSSR count). The molecule has 0 saturated heterocycles. The molecular formula is C14H20O. The van der Waals surface area contributed by atoms with E-state index in [0.717, 1.165) is 18.4 Å². The minimum absolute atomic E-state index is 0.185. The van der Waals surface area contributed by atoms with Crippen LogP contribution in [0, 0.1) is 5.92 Å². The number of carbonyl (C=O) groups excluding carboxylic acids is 1. The molecule has 1 aliphatic rings. The number of allylic oxidation sites excluding steroid dienone is 6. The molecular weight excluding hydrogens is 184 g/mol. The lowest BCUT2D eigenvalue weighted by Gasteiger charge is -2.05. The monoisotopic (exact) mass is 204 g/mol. The lowest BCUT2D eigenvalue weighted by molar-refractivity contribution is -0.111. The maximum atomic E-state index is 11.4. The SMILES string of the molecule is C/C=C1/C(=O)C=C[C@@H]1C/C=C\CCCC. The van der Waals surface area contributed by atoms with E-state index in [1.165, 1.54) is 12.8 Å². The summed E-state index contributed by atoms with van der Waals surface area (Å²) in [7, 11) is 0. The van der Waals surface area contributed by atoms with Gasteiger partial charge in [0.2, 0.25) is 0 Å². The molecule has 0 amide bonds. The highest BCUT2D eigenvalue weighted by Gasteiger charge is 2.20. The van der Waals surface area contributed by atoms with Gasteiger partial charge in [-0.25, -0.2) is 0 Å². The zero-order chi connectivity index (χ0) is 11.1. The zero-order valence-electron chi connectivity index (χ0n) is 9.70. The Kier molecular flexibility index (Phi) is 5.09. The van der Waals surface area contributed by atoms with Crippen LogP contribution < -0.4 is 0 Å². The van der Waals surface area contributed by atoms with Crippen molar-refractivity contribution in [2.24, 2.45) is 5.92 Å². The van der Waals surface area contributed by atoms with Crippen molar-refractivity contribution >= 4 is 5.78 Å². The molecule has 0 aromatic rings. The summed E-state index contributed by atoms with van der Waals surface area (Å²) in [6.45, 7) is 4.14. The molecule has 1 heteroatoms. The fourth-order valence-electron chi connectivity index (χ4n) is 1.83. The Morgan fingerprint density at radius 2 is 2.20 bits per heavy atom. The molecule has 0 bridgehead atoms. The number of unbranched alkanes of at least 4 members (excludes halogenated alkanes) is 2. The van der Waals surface area contributed by atoms with Gasteiger partial charge in [-0.3, -0.25) is 4.79 Å². The van der Waals surface area contributed by atoms with Crippen LogP contribution in [0.2, 0.25) is 0 Å². The van der Waals surface area contributed by atoms with E-state index in [-0.39, 0.29) is 5.78 Å². The molecule has 15 heavy (non-hydrogen) atoms. The molecule has 0 saturated carbocycles. The number of hydrogen-bond donors (Lipinski definition) is 0. The van der Waals surface area contributed by atoms with Gasteiger partial charge in [0.25, 0.3) is 0 Å². The summed E-state index contributed by atoms with van der Waals surface area (Å²) < 4.78 is 0. The highest BCUT2D eigenvalue weighted by molar-refractivity contribution is 6.07. The molecule has 1 atom stereocenters. The van der Waals surface area contributed by atoms with Gasteiger partial charge in [0.1, 0.15) is 0 Å². The van der Waals surface area contributed by atoms with Gasteiger partial charge in [-0.2, -0.15) is 0 Å². The first kappa shape index (κ1) is 12.0. The van der Waals surface area contributed by atoms with Crippen LogP contribution in [0.4, 0.5) is 0 Å². The van der Waals surface area contributed by atoms with Gasteiger partial charge in [0, 0.05) is 11.5 Å². The van der Waals surface area contributed by atoms with Crippen molar-refractivity contribution in [1.82, 2.24) is 0 Å². The van der Waals surface area contributed by atoms with Crippen molar-refractivity contribution in [2.45, 2.75) is 39.5 Å². The largest absolute Gasteiger partial charge is 0.290 e. The quantitative estimate of drug-likeness (QED) is 0.378. The Balaban J connectivity index is 2.36. The van der Waals surface area contributed by atoms with E-state index < -0.39 is 0 Å². The van der Waals surface area contributed by atoms with E-state index >= 15 is 0 Å². The second kappa shape index (κ2) is 6.39. The van der Waals surface area contributed by atoms with E-state index in [1.54, 1.807) is 6.08 Å². The van der Waals surface area contributed by atoms with E-state index in [1.807, 2.05) is 19.1 Å². The van der Waals surface area contributed by atoms with Crippen molar-refractivity contribution in [1.29, 1.82) is 0 Å². The fraction of sp³-hybridized carbons (Fsp3) is 0.500. The van der Waals surface area contributed by atoms with Crippen molar-refractivity contribution < 1.29 is 4.79 Å². The number of ketones is 1. The highest BCUT2D eigenvalue weighted by Crippen LogP contribution is 2.24. The van der Waals surface area contributed by atoms with Gasteiger partial charge in [-0.1, -0.05) is 44.1 Å². The topological polar surface area (TPSA) is 17.1 Å². The van der Waals surface area contributed by atoms with E-state index in [2.05, 4.69) is 19.1 Å². The van der Waals surface area contributed by atoms with Gasteiger partial charge in [0.15, 0.2) is 5.78 Å². The molecule has 0 spiro atoms. The summed E-state index contributed by atoms with van der Waals surface area (Å²) in [6.07, 6.45) is 14.7. The number of rotatable bonds is 5. The average molecular weight is 204 g/mol. The van der Waals surface area contributed by atoms with Crippen LogP contribution >= 0.6 is 0 Å². The van der Waals surface area contributed by atoms with Crippen LogP contribution in [0.15, 0.2) is 36.0 Å². The fourth-order valence-corrected chi connectivity index (χ4v) is 1.83. The maximum absolute atomic E-state index is 11.4. The molecule has 0 aliphatic heterocycles. The molecule has 0 N–H and O–H groups in total. The highest BCUT2D eigenvalue weighted by atomic mass is 16.1. The molecule has 0 aromatic carbocycles. The molecule has 0 unspecified atom stereocenters. The molecule has 82 valence electrons. The summed E-state index contributed by atoms with van der Waals surface area (Å²) >= 11 is 0. The molecule has 1 aliphatic carbocycles. The standard InChI is InChI=1S/C14H20O/c1-3-5-6-7-8-9-12-10-11-14(15)13(12)4-2/h4,7-8,10-12H,3,5-6,9H2,1-2H3/b8-7-,13-4+/t12-/m0/s1. The van der Waals surface area contributed by atoms with Crippen molar-refractivity contribution in [3.8, 4) is 0 Å². The van der Waals surface area contributed by atoms with E-state index in [4.69, 9.17) is 0 Å². The second-order valence-corrected chi connectivity index (χ2v) is 3.92. The van der Waals surface area contributed by atoms with E-state index in [0.29, 0.717) is 5.92 Å². The third-order valence-electron chi connectivity index (χ3n) is 2.76. The van der Waals surface area contributed by atoms with Crippen LogP contribution in [0.25, 0.3) is 0 Å². The van der Waals surface area contributed by atoms with E-state index in [9.17, 15) is 4.79 Å². The first-order chi connectivity index (χ1) is 7.29. The Morgan fingerprint density at radius 3 is 2.87 bits per heavy atom. The lowest BCUT2D eigenvalue weighted by atomic mass is 9.98. The van der Waals surface area contributed by atoms with Crippen LogP contribution in [-0.4, -0.2) is 5.78 Å². The van der Waals surface area contributed by atoms with Crippen molar-refractivity contribution in [3.05, 3.63) is 36.0 Å². The molecule has 0 heterocycles. The third-order valence-corrected chi connectivity index (χ3v) is 2.76. The maximum Gasteiger partial charge on any atom is 0.181 e. The van der Waals surface area contributed by atoms with Crippen LogP contribution in [-0.2, 0) is 4.79 Å². The predicted octanol–water partition coefficient (Wildman–Crippen LogP) is 3.82. The number of hydrogen-bond acceptors (Lipinski definition) is 1. The van der Waals surface area contributed by atoms with Crippen LogP contribution in [0.5, 0.6) is 0 Å². The summed E-state index contributed by atoms with van der Waals surface area (Å²) in [6, 6.07) is 0. The van der Waals surface area contributed by atoms with Gasteiger partial charge >= 0.3 is 0 Å². The Morgan fingerprint density at radius 1 is 1.40 bits per heavy atom.